The van der Waals surface area contributed by atoms with Crippen molar-refractivity contribution in [3.63, 3.8) is 0 Å². The molecule has 0 aliphatic heterocycles. The minimum atomic E-state index is -1.03. The number of thioether (sulfide) groups is 1. The average Bonchev–Trinajstić information content (AvgIpc) is 2.44. The van der Waals surface area contributed by atoms with Crippen LogP contribution in [0.2, 0.25) is 0 Å². The summed E-state index contributed by atoms with van der Waals surface area (Å²) in [4.78, 5) is 16.6. The van der Waals surface area contributed by atoms with Gasteiger partial charge < -0.3 is 9.90 Å². The summed E-state index contributed by atoms with van der Waals surface area (Å²) in [6.07, 6.45) is 3.13. The van der Waals surface area contributed by atoms with Crippen LogP contribution in [0.15, 0.2) is 23.1 Å². The summed E-state index contributed by atoms with van der Waals surface area (Å²) in [6, 6.07) is 6.07. The van der Waals surface area contributed by atoms with E-state index in [2.05, 4.69) is 6.92 Å². The first-order valence-electron chi connectivity index (χ1n) is 7.26. The molecule has 3 nitrogen and oxygen atoms in total. The van der Waals surface area contributed by atoms with Gasteiger partial charge in [0.05, 0.1) is 11.5 Å². The number of hydrogen-bond donors (Lipinski definition) is 0. The Morgan fingerprint density at radius 3 is 2.76 bits per heavy atom. The van der Waals surface area contributed by atoms with Crippen molar-refractivity contribution in [1.29, 1.82) is 0 Å². The number of aryl methyl sites for hydroxylation is 2. The van der Waals surface area contributed by atoms with Crippen molar-refractivity contribution in [2.75, 3.05) is 5.75 Å². The van der Waals surface area contributed by atoms with Gasteiger partial charge in [-0.05, 0) is 37.8 Å². The van der Waals surface area contributed by atoms with Crippen LogP contribution in [0.4, 0.5) is 0 Å². The topological polar surface area (TPSA) is 53.0 Å². The zero-order valence-electron chi connectivity index (χ0n) is 12.7. The van der Waals surface area contributed by atoms with Crippen molar-refractivity contribution in [2.24, 2.45) is 0 Å². The first-order chi connectivity index (χ1) is 10.0. The molecule has 0 aliphatic carbocycles. The number of para-hydroxylation sites is 1. The van der Waals surface area contributed by atoms with E-state index in [1.807, 2.05) is 32.0 Å². The van der Waals surface area contributed by atoms with Crippen LogP contribution in [-0.2, 0) is 11.2 Å². The van der Waals surface area contributed by atoms with E-state index in [0.717, 1.165) is 46.3 Å². The minimum absolute atomic E-state index is 0.0222. The molecule has 0 bridgehead atoms. The normalized spacial score (nSPS) is 11.0. The monoisotopic (exact) mass is 302 g/mol. The first kappa shape index (κ1) is 15.8. The summed E-state index contributed by atoms with van der Waals surface area (Å²) in [6.45, 7) is 6.20. The number of unbranched alkanes of at least 4 members (excludes halogenated alkanes) is 1. The van der Waals surface area contributed by atoms with Crippen molar-refractivity contribution in [3.8, 4) is 0 Å². The highest BCUT2D eigenvalue weighted by Crippen LogP contribution is 2.34. The third-order valence-corrected chi connectivity index (χ3v) is 4.72. The second kappa shape index (κ2) is 6.94. The molecule has 0 spiro atoms. The molecule has 0 fully saturated rings. The molecule has 0 radical (unpaired) electrons. The van der Waals surface area contributed by atoms with Gasteiger partial charge in [0.1, 0.15) is 0 Å². The lowest BCUT2D eigenvalue weighted by atomic mass is 10.0. The van der Waals surface area contributed by atoms with Gasteiger partial charge in [0, 0.05) is 21.7 Å². The zero-order chi connectivity index (χ0) is 15.4. The molecule has 0 aliphatic rings. The van der Waals surface area contributed by atoms with Gasteiger partial charge in [-0.1, -0.05) is 31.5 Å². The van der Waals surface area contributed by atoms with Gasteiger partial charge in [-0.15, -0.1) is 11.8 Å². The molecule has 0 amide bonds. The van der Waals surface area contributed by atoms with E-state index in [1.54, 1.807) is 0 Å². The molecule has 112 valence electrons. The molecule has 0 saturated carbocycles. The number of carboxylic acid groups (broad SMARTS) is 1. The largest absolute Gasteiger partial charge is 0.549 e. The van der Waals surface area contributed by atoms with Crippen molar-refractivity contribution in [1.82, 2.24) is 4.98 Å². The molecule has 2 rings (SSSR count). The summed E-state index contributed by atoms with van der Waals surface area (Å²) in [5.41, 5.74) is 4.27. The standard InChI is InChI=1S/C17H21NO2S/c1-4-5-8-13-12(3)18-16-11(2)7-6-9-14(16)17(13)21-10-15(19)20/h6-7,9H,4-5,8,10H2,1-3H3,(H,19,20)/p-1. The predicted molar refractivity (Wildman–Crippen MR) is 85.6 cm³/mol. The third-order valence-electron chi connectivity index (χ3n) is 3.59. The highest BCUT2D eigenvalue weighted by Gasteiger charge is 2.14. The Hall–Kier alpha value is -1.55. The molecule has 2 aromatic rings. The van der Waals surface area contributed by atoms with Crippen molar-refractivity contribution in [3.05, 3.63) is 35.0 Å². The Bertz CT molecular complexity index is 667. The smallest absolute Gasteiger partial charge is 0.0745 e. The van der Waals surface area contributed by atoms with Crippen molar-refractivity contribution < 1.29 is 9.90 Å². The van der Waals surface area contributed by atoms with Crippen LogP contribution in [0.3, 0.4) is 0 Å². The molecule has 0 unspecified atom stereocenters. The molecular weight excluding hydrogens is 282 g/mol. The van der Waals surface area contributed by atoms with E-state index >= 15 is 0 Å². The number of carboxylic acids is 1. The van der Waals surface area contributed by atoms with E-state index in [-0.39, 0.29) is 5.75 Å². The lowest BCUT2D eigenvalue weighted by Gasteiger charge is -2.16. The lowest BCUT2D eigenvalue weighted by molar-refractivity contribution is -0.301. The quantitative estimate of drug-likeness (QED) is 0.770. The van der Waals surface area contributed by atoms with Gasteiger partial charge in [0.2, 0.25) is 0 Å². The van der Waals surface area contributed by atoms with E-state index in [4.69, 9.17) is 4.98 Å². The van der Waals surface area contributed by atoms with Gasteiger partial charge in [0.15, 0.2) is 0 Å². The second-order valence-corrected chi connectivity index (χ2v) is 6.23. The predicted octanol–water partition coefficient (Wildman–Crippen LogP) is 3.04. The molecule has 0 atom stereocenters. The zero-order valence-corrected chi connectivity index (χ0v) is 13.5. The highest BCUT2D eigenvalue weighted by atomic mass is 32.2. The van der Waals surface area contributed by atoms with E-state index in [9.17, 15) is 9.90 Å². The first-order valence-corrected chi connectivity index (χ1v) is 8.24. The maximum Gasteiger partial charge on any atom is 0.0745 e. The number of fused-ring (bicyclic) bond motifs is 1. The Morgan fingerprint density at radius 1 is 1.33 bits per heavy atom. The summed E-state index contributed by atoms with van der Waals surface area (Å²) in [5.74, 6) is -1.05. The number of benzene rings is 1. The van der Waals surface area contributed by atoms with Crippen LogP contribution in [0.25, 0.3) is 10.9 Å². The van der Waals surface area contributed by atoms with Crippen LogP contribution in [0, 0.1) is 13.8 Å². The van der Waals surface area contributed by atoms with Gasteiger partial charge in [0.25, 0.3) is 0 Å². The SMILES string of the molecule is CCCCc1c(C)nc2c(C)cccc2c1SCC(=O)[O-]. The van der Waals surface area contributed by atoms with Crippen LogP contribution in [0.1, 0.15) is 36.6 Å². The van der Waals surface area contributed by atoms with E-state index < -0.39 is 5.97 Å². The molecule has 0 N–H and O–H groups in total. The van der Waals surface area contributed by atoms with Crippen molar-refractivity contribution in [2.45, 2.75) is 44.9 Å². The van der Waals surface area contributed by atoms with Gasteiger partial charge in [-0.3, -0.25) is 4.98 Å². The summed E-state index contributed by atoms with van der Waals surface area (Å²) in [5, 5.41) is 11.9. The number of nitrogens with zero attached hydrogens (tertiary/aromatic N) is 1. The number of hydrogen-bond acceptors (Lipinski definition) is 4. The molecule has 0 saturated heterocycles. The summed E-state index contributed by atoms with van der Waals surface area (Å²) < 4.78 is 0. The Balaban J connectivity index is 2.60. The Kier molecular flexibility index (Phi) is 5.23. The number of carbonyl (C=O) groups excluding carboxylic acids is 1. The fraction of sp³-hybridized carbons (Fsp3) is 0.412. The van der Waals surface area contributed by atoms with Crippen LogP contribution in [-0.4, -0.2) is 16.7 Å². The van der Waals surface area contributed by atoms with Crippen molar-refractivity contribution >= 4 is 28.6 Å². The lowest BCUT2D eigenvalue weighted by Crippen LogP contribution is -2.24. The molecule has 4 heteroatoms. The third kappa shape index (κ3) is 3.56. The Morgan fingerprint density at radius 2 is 2.10 bits per heavy atom. The highest BCUT2D eigenvalue weighted by molar-refractivity contribution is 8.00. The molecular formula is C17H20NO2S-. The van der Waals surface area contributed by atoms with Gasteiger partial charge in [-0.2, -0.15) is 0 Å². The summed E-state index contributed by atoms with van der Waals surface area (Å²) >= 11 is 1.36. The molecule has 1 heterocycles. The van der Waals surface area contributed by atoms with Crippen LogP contribution >= 0.6 is 11.8 Å². The molecule has 1 aromatic carbocycles. The molecule has 1 aromatic heterocycles. The van der Waals surface area contributed by atoms with E-state index in [1.165, 1.54) is 17.3 Å². The fourth-order valence-corrected chi connectivity index (χ4v) is 3.50. The molecule has 21 heavy (non-hydrogen) atoms. The maximum atomic E-state index is 10.8. The summed E-state index contributed by atoms with van der Waals surface area (Å²) in [7, 11) is 0. The number of aromatic nitrogens is 1. The number of pyridine rings is 1. The second-order valence-electron chi connectivity index (χ2n) is 5.24. The van der Waals surface area contributed by atoms with E-state index in [0.29, 0.717) is 0 Å². The maximum absolute atomic E-state index is 10.8. The van der Waals surface area contributed by atoms with Crippen LogP contribution in [0.5, 0.6) is 0 Å². The number of rotatable bonds is 6. The average molecular weight is 302 g/mol. The van der Waals surface area contributed by atoms with Crippen LogP contribution < -0.4 is 5.11 Å². The fourth-order valence-electron chi connectivity index (χ4n) is 2.50. The Labute approximate surface area is 129 Å². The van der Waals surface area contributed by atoms with Gasteiger partial charge in [-0.25, -0.2) is 0 Å². The minimum Gasteiger partial charge on any atom is -0.549 e. The van der Waals surface area contributed by atoms with Gasteiger partial charge >= 0.3 is 0 Å². The number of aliphatic carboxylic acids is 1. The number of carbonyl (C=O) groups is 1.